The summed E-state index contributed by atoms with van der Waals surface area (Å²) in [6.07, 6.45) is 0. The standard InChI is InChI=1S/C11H10O2S/c1-12-9-4-6-10(7-5-9)13-11-3-2-8-14-11/h2-8H,1H3. The van der Waals surface area contributed by atoms with Crippen LogP contribution in [0.5, 0.6) is 16.6 Å². The van der Waals surface area contributed by atoms with E-state index < -0.39 is 0 Å². The van der Waals surface area contributed by atoms with Gasteiger partial charge in [-0.05, 0) is 41.8 Å². The van der Waals surface area contributed by atoms with Crippen molar-refractivity contribution in [1.29, 1.82) is 0 Å². The molecular formula is C11H10O2S. The number of hydrogen-bond acceptors (Lipinski definition) is 3. The molecule has 0 atom stereocenters. The Morgan fingerprint density at radius 2 is 1.71 bits per heavy atom. The molecule has 0 N–H and O–H groups in total. The second-order valence-electron chi connectivity index (χ2n) is 2.71. The van der Waals surface area contributed by atoms with Gasteiger partial charge in [0.25, 0.3) is 0 Å². The zero-order valence-electron chi connectivity index (χ0n) is 7.77. The minimum absolute atomic E-state index is 0.827. The smallest absolute Gasteiger partial charge is 0.180 e. The molecule has 14 heavy (non-hydrogen) atoms. The maximum absolute atomic E-state index is 5.58. The van der Waals surface area contributed by atoms with Crippen LogP contribution in [0.3, 0.4) is 0 Å². The lowest BCUT2D eigenvalue weighted by atomic mass is 10.3. The quantitative estimate of drug-likeness (QED) is 0.764. The maximum Gasteiger partial charge on any atom is 0.180 e. The summed E-state index contributed by atoms with van der Waals surface area (Å²) in [5, 5.41) is 2.88. The second-order valence-corrected chi connectivity index (χ2v) is 3.62. The molecule has 0 amide bonds. The molecule has 0 bridgehead atoms. The van der Waals surface area contributed by atoms with E-state index >= 15 is 0 Å². The highest BCUT2D eigenvalue weighted by Crippen LogP contribution is 2.27. The van der Waals surface area contributed by atoms with E-state index in [0.29, 0.717) is 0 Å². The Kier molecular flexibility index (Phi) is 2.70. The van der Waals surface area contributed by atoms with Crippen LogP contribution < -0.4 is 9.47 Å². The lowest BCUT2D eigenvalue weighted by molar-refractivity contribution is 0.413. The van der Waals surface area contributed by atoms with Crippen molar-refractivity contribution in [3.05, 3.63) is 41.8 Å². The minimum atomic E-state index is 0.827. The summed E-state index contributed by atoms with van der Waals surface area (Å²) < 4.78 is 10.6. The maximum atomic E-state index is 5.58. The number of methoxy groups -OCH3 is 1. The first-order chi connectivity index (χ1) is 6.88. The van der Waals surface area contributed by atoms with Crippen molar-refractivity contribution in [1.82, 2.24) is 0 Å². The van der Waals surface area contributed by atoms with Crippen LogP contribution >= 0.6 is 11.3 Å². The lowest BCUT2D eigenvalue weighted by Crippen LogP contribution is -1.83. The molecule has 0 aliphatic rings. The van der Waals surface area contributed by atoms with E-state index in [1.807, 2.05) is 41.8 Å². The van der Waals surface area contributed by atoms with Crippen molar-refractivity contribution < 1.29 is 9.47 Å². The third-order valence-corrected chi connectivity index (χ3v) is 2.52. The van der Waals surface area contributed by atoms with Crippen molar-refractivity contribution in [2.45, 2.75) is 0 Å². The summed E-state index contributed by atoms with van der Waals surface area (Å²) in [5.74, 6) is 1.66. The summed E-state index contributed by atoms with van der Waals surface area (Å²) in [4.78, 5) is 0. The average molecular weight is 206 g/mol. The van der Waals surface area contributed by atoms with E-state index in [1.165, 1.54) is 0 Å². The number of ether oxygens (including phenoxy) is 2. The highest BCUT2D eigenvalue weighted by molar-refractivity contribution is 7.11. The monoisotopic (exact) mass is 206 g/mol. The molecule has 2 rings (SSSR count). The van der Waals surface area contributed by atoms with Gasteiger partial charge < -0.3 is 9.47 Å². The highest BCUT2D eigenvalue weighted by atomic mass is 32.1. The Labute approximate surface area is 86.7 Å². The van der Waals surface area contributed by atoms with Crippen LogP contribution in [0.15, 0.2) is 41.8 Å². The molecule has 1 heterocycles. The van der Waals surface area contributed by atoms with Gasteiger partial charge in [0.2, 0.25) is 0 Å². The SMILES string of the molecule is COc1ccc(Oc2cccs2)cc1. The topological polar surface area (TPSA) is 18.5 Å². The van der Waals surface area contributed by atoms with E-state index in [4.69, 9.17) is 9.47 Å². The van der Waals surface area contributed by atoms with Gasteiger partial charge in [-0.25, -0.2) is 0 Å². The fourth-order valence-corrected chi connectivity index (χ4v) is 1.67. The molecule has 0 fully saturated rings. The first-order valence-electron chi connectivity index (χ1n) is 4.24. The average Bonchev–Trinajstić information content (AvgIpc) is 2.72. The normalized spacial score (nSPS) is 9.79. The first kappa shape index (κ1) is 9.09. The zero-order chi connectivity index (χ0) is 9.80. The predicted molar refractivity (Wildman–Crippen MR) is 57.4 cm³/mol. The van der Waals surface area contributed by atoms with Crippen molar-refractivity contribution >= 4 is 11.3 Å². The van der Waals surface area contributed by atoms with Crippen molar-refractivity contribution in [2.24, 2.45) is 0 Å². The molecule has 2 aromatic rings. The summed E-state index contributed by atoms with van der Waals surface area (Å²) in [6, 6.07) is 11.4. The second kappa shape index (κ2) is 4.15. The van der Waals surface area contributed by atoms with E-state index in [9.17, 15) is 0 Å². The Bertz CT molecular complexity index is 378. The molecule has 3 heteroatoms. The summed E-state index contributed by atoms with van der Waals surface area (Å²) >= 11 is 1.57. The molecule has 0 saturated heterocycles. The highest BCUT2D eigenvalue weighted by Gasteiger charge is 1.97. The molecule has 1 aromatic heterocycles. The third-order valence-electron chi connectivity index (χ3n) is 1.77. The van der Waals surface area contributed by atoms with Crippen LogP contribution in [0, 0.1) is 0 Å². The van der Waals surface area contributed by atoms with Crippen LogP contribution in [0.2, 0.25) is 0 Å². The van der Waals surface area contributed by atoms with Gasteiger partial charge in [-0.1, -0.05) is 0 Å². The zero-order valence-corrected chi connectivity index (χ0v) is 8.58. The molecule has 0 saturated carbocycles. The van der Waals surface area contributed by atoms with Crippen LogP contribution in [0.1, 0.15) is 0 Å². The van der Waals surface area contributed by atoms with E-state index in [0.717, 1.165) is 16.6 Å². The van der Waals surface area contributed by atoms with E-state index in [-0.39, 0.29) is 0 Å². The molecule has 0 aliphatic carbocycles. The fraction of sp³-hybridized carbons (Fsp3) is 0.0909. The van der Waals surface area contributed by atoms with Crippen LogP contribution in [0.4, 0.5) is 0 Å². The molecule has 0 spiro atoms. The van der Waals surface area contributed by atoms with Gasteiger partial charge in [0.1, 0.15) is 11.5 Å². The van der Waals surface area contributed by atoms with Gasteiger partial charge in [0.15, 0.2) is 5.06 Å². The number of thiophene rings is 1. The lowest BCUT2D eigenvalue weighted by Gasteiger charge is -2.03. The molecule has 2 nitrogen and oxygen atoms in total. The van der Waals surface area contributed by atoms with Gasteiger partial charge in [-0.15, -0.1) is 11.3 Å². The summed E-state index contributed by atoms with van der Waals surface area (Å²) in [7, 11) is 1.65. The molecule has 0 unspecified atom stereocenters. The Balaban J connectivity index is 2.10. The van der Waals surface area contributed by atoms with Gasteiger partial charge in [-0.2, -0.15) is 0 Å². The van der Waals surface area contributed by atoms with E-state index in [1.54, 1.807) is 18.4 Å². The van der Waals surface area contributed by atoms with Crippen LogP contribution in [-0.4, -0.2) is 7.11 Å². The van der Waals surface area contributed by atoms with Gasteiger partial charge in [0, 0.05) is 0 Å². The van der Waals surface area contributed by atoms with Gasteiger partial charge in [-0.3, -0.25) is 0 Å². The fourth-order valence-electron chi connectivity index (χ4n) is 1.08. The largest absolute Gasteiger partial charge is 0.497 e. The predicted octanol–water partition coefficient (Wildman–Crippen LogP) is 3.55. The number of hydrogen-bond donors (Lipinski definition) is 0. The third kappa shape index (κ3) is 2.06. The van der Waals surface area contributed by atoms with Crippen LogP contribution in [-0.2, 0) is 0 Å². The Hall–Kier alpha value is -1.48. The first-order valence-corrected chi connectivity index (χ1v) is 5.12. The van der Waals surface area contributed by atoms with Crippen molar-refractivity contribution in [3.8, 4) is 16.6 Å². The Morgan fingerprint density at radius 3 is 2.29 bits per heavy atom. The molecule has 1 aromatic carbocycles. The van der Waals surface area contributed by atoms with Crippen molar-refractivity contribution in [2.75, 3.05) is 7.11 Å². The molecule has 0 radical (unpaired) electrons. The number of rotatable bonds is 3. The van der Waals surface area contributed by atoms with E-state index in [2.05, 4.69) is 0 Å². The summed E-state index contributed by atoms with van der Waals surface area (Å²) in [6.45, 7) is 0. The van der Waals surface area contributed by atoms with Crippen LogP contribution in [0.25, 0.3) is 0 Å². The van der Waals surface area contributed by atoms with Crippen molar-refractivity contribution in [3.63, 3.8) is 0 Å². The Morgan fingerprint density at radius 1 is 1.00 bits per heavy atom. The number of benzene rings is 1. The molecule has 0 aliphatic heterocycles. The molecule has 72 valence electrons. The van der Waals surface area contributed by atoms with Gasteiger partial charge in [0.05, 0.1) is 7.11 Å². The van der Waals surface area contributed by atoms with Gasteiger partial charge >= 0.3 is 0 Å². The summed E-state index contributed by atoms with van der Waals surface area (Å²) in [5.41, 5.74) is 0. The minimum Gasteiger partial charge on any atom is -0.497 e. The molecular weight excluding hydrogens is 196 g/mol.